The molecule has 0 saturated carbocycles. The van der Waals surface area contributed by atoms with E-state index in [2.05, 4.69) is 10.6 Å². The smallest absolute Gasteiger partial charge is 0.226 e. The molecule has 5 nitrogen and oxygen atoms in total. The van der Waals surface area contributed by atoms with Crippen LogP contribution < -0.4 is 10.6 Å². The Morgan fingerprint density at radius 1 is 1.30 bits per heavy atom. The number of carbonyl (C=O) groups is 1. The second-order valence-electron chi connectivity index (χ2n) is 5.21. The number of anilines is 1. The minimum atomic E-state index is -0.121. The summed E-state index contributed by atoms with van der Waals surface area (Å²) in [6.07, 6.45) is 1.23. The van der Waals surface area contributed by atoms with Crippen LogP contribution in [-0.2, 0) is 11.4 Å². The van der Waals surface area contributed by atoms with E-state index in [1.807, 2.05) is 38.1 Å². The number of amides is 1. The normalized spacial score (nSPS) is 10.4. The lowest BCUT2D eigenvalue weighted by atomic mass is 10.1. The fourth-order valence-corrected chi connectivity index (χ4v) is 2.44. The third-order valence-electron chi connectivity index (χ3n) is 3.30. The molecule has 1 aromatic carbocycles. The molecule has 2 aromatic rings. The maximum absolute atomic E-state index is 11.5. The molecule has 0 aliphatic carbocycles. The second kappa shape index (κ2) is 7.89. The molecular weight excluding hydrogens is 312 g/mol. The van der Waals surface area contributed by atoms with Gasteiger partial charge in [-0.1, -0.05) is 6.92 Å². The fourth-order valence-electron chi connectivity index (χ4n) is 2.20. The molecule has 0 aliphatic rings. The van der Waals surface area contributed by atoms with E-state index in [4.69, 9.17) is 21.7 Å². The van der Waals surface area contributed by atoms with Gasteiger partial charge in [0.25, 0.3) is 0 Å². The first-order chi connectivity index (χ1) is 11.0. The summed E-state index contributed by atoms with van der Waals surface area (Å²) in [5, 5.41) is 15.0. The molecule has 0 bridgehead atoms. The highest BCUT2D eigenvalue weighted by Gasteiger charge is 2.09. The van der Waals surface area contributed by atoms with Gasteiger partial charge >= 0.3 is 0 Å². The number of hydrogen-bond acceptors (Lipinski definition) is 4. The zero-order valence-corrected chi connectivity index (χ0v) is 14.0. The molecule has 23 heavy (non-hydrogen) atoms. The molecule has 0 radical (unpaired) electrons. The molecular formula is C17H20N2O3S. The Balaban J connectivity index is 2.07. The number of furan rings is 1. The Labute approximate surface area is 140 Å². The van der Waals surface area contributed by atoms with Crippen LogP contribution in [0.1, 0.15) is 31.1 Å². The number of aliphatic hydroxyl groups is 1. The van der Waals surface area contributed by atoms with Crippen LogP contribution in [0.4, 0.5) is 5.69 Å². The number of nitrogens with one attached hydrogen (secondary N) is 2. The second-order valence-corrected chi connectivity index (χ2v) is 5.61. The maximum atomic E-state index is 11.5. The van der Waals surface area contributed by atoms with Crippen molar-refractivity contribution in [1.82, 2.24) is 5.32 Å². The first-order valence-electron chi connectivity index (χ1n) is 7.45. The third kappa shape index (κ3) is 4.64. The summed E-state index contributed by atoms with van der Waals surface area (Å²) in [4.78, 5) is 11.5. The highest BCUT2D eigenvalue weighted by molar-refractivity contribution is 7.80. The molecule has 1 amide bonds. The Morgan fingerprint density at radius 3 is 2.70 bits per heavy atom. The monoisotopic (exact) mass is 332 g/mol. The molecule has 3 N–H and O–H groups in total. The standard InChI is InChI=1S/C17H20N2O3S/c1-3-4-16(21)19-17(23)18-12-5-7-14(11(2)9-12)15-8-6-13(10-20)22-15/h5-9,20H,3-4,10H2,1-2H3,(H2,18,19,21,23). The van der Waals surface area contributed by atoms with E-state index >= 15 is 0 Å². The van der Waals surface area contributed by atoms with Crippen LogP contribution >= 0.6 is 12.2 Å². The molecule has 0 spiro atoms. The lowest BCUT2D eigenvalue weighted by Crippen LogP contribution is -2.33. The molecule has 0 aliphatic heterocycles. The summed E-state index contributed by atoms with van der Waals surface area (Å²) >= 11 is 5.13. The highest BCUT2D eigenvalue weighted by atomic mass is 32.1. The van der Waals surface area contributed by atoms with Gasteiger partial charge in [0.1, 0.15) is 18.1 Å². The predicted octanol–water partition coefficient (Wildman–Crippen LogP) is 3.36. The van der Waals surface area contributed by atoms with E-state index in [9.17, 15) is 4.79 Å². The van der Waals surface area contributed by atoms with Crippen molar-refractivity contribution in [2.45, 2.75) is 33.3 Å². The zero-order valence-electron chi connectivity index (χ0n) is 13.2. The van der Waals surface area contributed by atoms with Gasteiger partial charge in [0.05, 0.1) is 0 Å². The van der Waals surface area contributed by atoms with E-state index in [-0.39, 0.29) is 17.6 Å². The minimum absolute atomic E-state index is 0.0922. The average molecular weight is 332 g/mol. The van der Waals surface area contributed by atoms with Crippen LogP contribution in [0.15, 0.2) is 34.7 Å². The van der Waals surface area contributed by atoms with Gasteiger partial charge in [0.15, 0.2) is 5.11 Å². The molecule has 0 atom stereocenters. The van der Waals surface area contributed by atoms with E-state index in [0.29, 0.717) is 17.9 Å². The van der Waals surface area contributed by atoms with Gasteiger partial charge in [-0.15, -0.1) is 0 Å². The SMILES string of the molecule is CCCC(=O)NC(=S)Nc1ccc(-c2ccc(CO)o2)c(C)c1. The van der Waals surface area contributed by atoms with E-state index < -0.39 is 0 Å². The van der Waals surface area contributed by atoms with Crippen LogP contribution in [0, 0.1) is 6.92 Å². The lowest BCUT2D eigenvalue weighted by Gasteiger charge is -2.11. The van der Waals surface area contributed by atoms with Gasteiger partial charge in [-0.25, -0.2) is 0 Å². The zero-order chi connectivity index (χ0) is 16.8. The molecule has 2 rings (SSSR count). The van der Waals surface area contributed by atoms with Crippen LogP contribution in [0.2, 0.25) is 0 Å². The van der Waals surface area contributed by atoms with E-state index in [1.54, 1.807) is 6.07 Å². The summed E-state index contributed by atoms with van der Waals surface area (Å²) in [5.74, 6) is 1.14. The molecule has 1 aromatic heterocycles. The number of benzene rings is 1. The Morgan fingerprint density at radius 2 is 2.09 bits per heavy atom. The van der Waals surface area contributed by atoms with Crippen molar-refractivity contribution in [3.8, 4) is 11.3 Å². The summed E-state index contributed by atoms with van der Waals surface area (Å²) in [5.41, 5.74) is 2.73. The van der Waals surface area contributed by atoms with Gasteiger partial charge in [-0.3, -0.25) is 4.79 Å². The summed E-state index contributed by atoms with van der Waals surface area (Å²) < 4.78 is 5.55. The minimum Gasteiger partial charge on any atom is -0.459 e. The summed E-state index contributed by atoms with van der Waals surface area (Å²) in [6.45, 7) is 3.78. The molecule has 1 heterocycles. The highest BCUT2D eigenvalue weighted by Crippen LogP contribution is 2.27. The van der Waals surface area contributed by atoms with E-state index in [1.165, 1.54) is 0 Å². The van der Waals surface area contributed by atoms with Crippen molar-refractivity contribution < 1.29 is 14.3 Å². The number of aliphatic hydroxyl groups excluding tert-OH is 1. The molecule has 0 unspecified atom stereocenters. The van der Waals surface area contributed by atoms with Crippen molar-refractivity contribution in [2.24, 2.45) is 0 Å². The largest absolute Gasteiger partial charge is 0.459 e. The number of hydrogen-bond donors (Lipinski definition) is 3. The predicted molar refractivity (Wildman–Crippen MR) is 94.1 cm³/mol. The Kier molecular flexibility index (Phi) is 5.90. The van der Waals surface area contributed by atoms with Gasteiger partial charge in [0, 0.05) is 17.7 Å². The van der Waals surface area contributed by atoms with Crippen LogP contribution in [0.5, 0.6) is 0 Å². The van der Waals surface area contributed by atoms with Crippen LogP contribution in [0.3, 0.4) is 0 Å². The summed E-state index contributed by atoms with van der Waals surface area (Å²) in [6, 6.07) is 9.28. The number of aryl methyl sites for hydroxylation is 1. The summed E-state index contributed by atoms with van der Waals surface area (Å²) in [7, 11) is 0. The first kappa shape index (κ1) is 17.2. The molecule has 0 saturated heterocycles. The number of rotatable bonds is 5. The van der Waals surface area contributed by atoms with Gasteiger partial charge in [-0.2, -0.15) is 0 Å². The van der Waals surface area contributed by atoms with Crippen LogP contribution in [0.25, 0.3) is 11.3 Å². The topological polar surface area (TPSA) is 74.5 Å². The quantitative estimate of drug-likeness (QED) is 0.732. The molecule has 6 heteroatoms. The fraction of sp³-hybridized carbons (Fsp3) is 0.294. The third-order valence-corrected chi connectivity index (χ3v) is 3.50. The molecule has 122 valence electrons. The Bertz CT molecular complexity index is 710. The van der Waals surface area contributed by atoms with E-state index in [0.717, 1.165) is 23.2 Å². The maximum Gasteiger partial charge on any atom is 0.226 e. The van der Waals surface area contributed by atoms with Gasteiger partial charge in [-0.05, 0) is 61.5 Å². The van der Waals surface area contributed by atoms with Crippen molar-refractivity contribution in [3.05, 3.63) is 41.7 Å². The van der Waals surface area contributed by atoms with Crippen molar-refractivity contribution in [2.75, 3.05) is 5.32 Å². The Hall–Kier alpha value is -2.18. The number of carbonyl (C=O) groups excluding carboxylic acids is 1. The lowest BCUT2D eigenvalue weighted by molar-refractivity contribution is -0.119. The number of thiocarbonyl (C=S) groups is 1. The van der Waals surface area contributed by atoms with Gasteiger partial charge in [0.2, 0.25) is 5.91 Å². The van der Waals surface area contributed by atoms with Gasteiger partial charge < -0.3 is 20.2 Å². The molecule has 0 fully saturated rings. The average Bonchev–Trinajstić information content (AvgIpc) is 2.96. The first-order valence-corrected chi connectivity index (χ1v) is 7.85. The van der Waals surface area contributed by atoms with Crippen molar-refractivity contribution in [1.29, 1.82) is 0 Å². The van der Waals surface area contributed by atoms with Crippen LogP contribution in [-0.4, -0.2) is 16.1 Å². The van der Waals surface area contributed by atoms with Crippen molar-refractivity contribution >= 4 is 28.9 Å². The van der Waals surface area contributed by atoms with Crippen molar-refractivity contribution in [3.63, 3.8) is 0 Å².